The minimum Gasteiger partial charge on any atom is -0.334 e. The lowest BCUT2D eigenvalue weighted by Gasteiger charge is -2.12. The van der Waals surface area contributed by atoms with Gasteiger partial charge in [0.05, 0.1) is 11.5 Å². The first-order chi connectivity index (χ1) is 8.11. The SMILES string of the molecule is CCc1nccn1CCNC1CCS(=O)(=O)C1. The van der Waals surface area contributed by atoms with Crippen LogP contribution in [0.5, 0.6) is 0 Å². The Morgan fingerprint density at radius 2 is 2.41 bits per heavy atom. The molecular weight excluding hydrogens is 238 g/mol. The zero-order valence-electron chi connectivity index (χ0n) is 10.1. The summed E-state index contributed by atoms with van der Waals surface area (Å²) in [6, 6.07) is 0.133. The first kappa shape index (κ1) is 12.6. The Labute approximate surface area is 102 Å². The van der Waals surface area contributed by atoms with Crippen molar-refractivity contribution in [2.45, 2.75) is 32.4 Å². The Morgan fingerprint density at radius 3 is 3.06 bits per heavy atom. The quantitative estimate of drug-likeness (QED) is 0.819. The van der Waals surface area contributed by atoms with Gasteiger partial charge in [-0.1, -0.05) is 6.92 Å². The largest absolute Gasteiger partial charge is 0.334 e. The number of hydrogen-bond donors (Lipinski definition) is 1. The van der Waals surface area contributed by atoms with E-state index >= 15 is 0 Å². The van der Waals surface area contributed by atoms with E-state index in [9.17, 15) is 8.42 Å². The van der Waals surface area contributed by atoms with E-state index in [0.29, 0.717) is 5.75 Å². The van der Waals surface area contributed by atoms with Crippen molar-refractivity contribution in [1.29, 1.82) is 0 Å². The summed E-state index contributed by atoms with van der Waals surface area (Å²) in [5.41, 5.74) is 0. The monoisotopic (exact) mass is 257 g/mol. The van der Waals surface area contributed by atoms with Crippen LogP contribution in [-0.2, 0) is 22.8 Å². The molecule has 96 valence electrons. The van der Waals surface area contributed by atoms with Gasteiger partial charge in [0.15, 0.2) is 9.84 Å². The molecule has 0 amide bonds. The minimum absolute atomic E-state index is 0.133. The summed E-state index contributed by atoms with van der Waals surface area (Å²) in [6.45, 7) is 3.72. The third-order valence-electron chi connectivity index (χ3n) is 3.14. The fourth-order valence-electron chi connectivity index (χ4n) is 2.20. The van der Waals surface area contributed by atoms with Crippen LogP contribution in [0, 0.1) is 0 Å². The van der Waals surface area contributed by atoms with E-state index in [1.165, 1.54) is 0 Å². The number of aromatic nitrogens is 2. The lowest BCUT2D eigenvalue weighted by Crippen LogP contribution is -2.32. The topological polar surface area (TPSA) is 64.0 Å². The molecule has 1 aliphatic rings. The van der Waals surface area contributed by atoms with Gasteiger partial charge in [0.1, 0.15) is 5.82 Å². The van der Waals surface area contributed by atoms with Gasteiger partial charge in [-0.05, 0) is 6.42 Å². The average molecular weight is 257 g/mol. The van der Waals surface area contributed by atoms with Gasteiger partial charge >= 0.3 is 0 Å². The molecule has 0 aromatic carbocycles. The molecule has 0 aliphatic carbocycles. The Bertz CT molecular complexity index is 467. The molecule has 1 unspecified atom stereocenters. The first-order valence-electron chi connectivity index (χ1n) is 6.04. The fraction of sp³-hybridized carbons (Fsp3) is 0.727. The molecule has 0 radical (unpaired) electrons. The second-order valence-electron chi connectivity index (χ2n) is 4.44. The van der Waals surface area contributed by atoms with Crippen molar-refractivity contribution in [3.8, 4) is 0 Å². The van der Waals surface area contributed by atoms with Crippen LogP contribution in [0.1, 0.15) is 19.2 Å². The second-order valence-corrected chi connectivity index (χ2v) is 6.67. The molecule has 1 atom stereocenters. The Kier molecular flexibility index (Phi) is 3.83. The molecule has 0 spiro atoms. The van der Waals surface area contributed by atoms with Crippen LogP contribution in [-0.4, -0.2) is 42.1 Å². The molecule has 1 aromatic rings. The van der Waals surface area contributed by atoms with E-state index in [1.54, 1.807) is 6.20 Å². The molecule has 6 heteroatoms. The Morgan fingerprint density at radius 1 is 1.59 bits per heavy atom. The van der Waals surface area contributed by atoms with Crippen LogP contribution in [0.3, 0.4) is 0 Å². The first-order valence-corrected chi connectivity index (χ1v) is 7.86. The molecule has 2 rings (SSSR count). The van der Waals surface area contributed by atoms with Crippen LogP contribution in [0.15, 0.2) is 12.4 Å². The number of imidazole rings is 1. The molecule has 1 saturated heterocycles. The second kappa shape index (κ2) is 5.18. The van der Waals surface area contributed by atoms with E-state index in [1.807, 2.05) is 6.20 Å². The van der Waals surface area contributed by atoms with Crippen LogP contribution >= 0.6 is 0 Å². The Hall–Kier alpha value is -0.880. The molecule has 17 heavy (non-hydrogen) atoms. The van der Waals surface area contributed by atoms with Gasteiger partial charge in [0.2, 0.25) is 0 Å². The standard InChI is InChI=1S/C11H19N3O2S/c1-2-11-13-5-7-14(11)6-4-12-10-3-8-17(15,16)9-10/h5,7,10,12H,2-4,6,8-9H2,1H3. The predicted molar refractivity (Wildman–Crippen MR) is 66.7 cm³/mol. The summed E-state index contributed by atoms with van der Waals surface area (Å²) >= 11 is 0. The van der Waals surface area contributed by atoms with Crippen molar-refractivity contribution >= 4 is 9.84 Å². The van der Waals surface area contributed by atoms with Gasteiger partial charge in [-0.25, -0.2) is 13.4 Å². The van der Waals surface area contributed by atoms with E-state index in [-0.39, 0.29) is 11.8 Å². The lowest BCUT2D eigenvalue weighted by molar-refractivity contribution is 0.513. The summed E-state index contributed by atoms with van der Waals surface area (Å²) < 4.78 is 24.7. The third kappa shape index (κ3) is 3.29. The highest BCUT2D eigenvalue weighted by Gasteiger charge is 2.26. The highest BCUT2D eigenvalue weighted by molar-refractivity contribution is 7.91. The van der Waals surface area contributed by atoms with Gasteiger partial charge in [0, 0.05) is 37.9 Å². The van der Waals surface area contributed by atoms with Crippen LogP contribution < -0.4 is 5.32 Å². The molecule has 1 fully saturated rings. The molecule has 1 N–H and O–H groups in total. The molecule has 5 nitrogen and oxygen atoms in total. The zero-order valence-corrected chi connectivity index (χ0v) is 10.9. The Balaban J connectivity index is 1.77. The summed E-state index contributed by atoms with van der Waals surface area (Å²) in [7, 11) is -2.77. The number of nitrogens with zero attached hydrogens (tertiary/aromatic N) is 2. The summed E-state index contributed by atoms with van der Waals surface area (Å²) in [5.74, 6) is 1.69. The number of nitrogens with one attached hydrogen (secondary N) is 1. The number of aryl methyl sites for hydroxylation is 1. The van der Waals surface area contributed by atoms with E-state index in [0.717, 1.165) is 31.8 Å². The minimum atomic E-state index is -2.77. The van der Waals surface area contributed by atoms with Crippen molar-refractivity contribution in [2.75, 3.05) is 18.1 Å². The maximum Gasteiger partial charge on any atom is 0.151 e. The van der Waals surface area contributed by atoms with Gasteiger partial charge in [-0.3, -0.25) is 0 Å². The summed E-state index contributed by atoms with van der Waals surface area (Å²) in [5, 5.41) is 3.30. The highest BCUT2D eigenvalue weighted by Crippen LogP contribution is 2.10. The summed E-state index contributed by atoms with van der Waals surface area (Å²) in [6.07, 6.45) is 5.43. The normalized spacial score (nSPS) is 23.0. The van der Waals surface area contributed by atoms with Crippen LogP contribution in [0.2, 0.25) is 0 Å². The lowest BCUT2D eigenvalue weighted by atomic mass is 10.2. The van der Waals surface area contributed by atoms with Crippen LogP contribution in [0.25, 0.3) is 0 Å². The van der Waals surface area contributed by atoms with Crippen molar-refractivity contribution in [3.05, 3.63) is 18.2 Å². The molecule has 2 heterocycles. The zero-order chi connectivity index (χ0) is 12.3. The molecule has 1 aromatic heterocycles. The number of sulfone groups is 1. The fourth-order valence-corrected chi connectivity index (χ4v) is 3.91. The number of hydrogen-bond acceptors (Lipinski definition) is 4. The van der Waals surface area contributed by atoms with Crippen molar-refractivity contribution in [2.24, 2.45) is 0 Å². The molecular formula is C11H19N3O2S. The van der Waals surface area contributed by atoms with Gasteiger partial charge < -0.3 is 9.88 Å². The molecule has 0 bridgehead atoms. The number of rotatable bonds is 5. The van der Waals surface area contributed by atoms with Crippen molar-refractivity contribution in [3.63, 3.8) is 0 Å². The maximum absolute atomic E-state index is 11.3. The van der Waals surface area contributed by atoms with Gasteiger partial charge in [-0.2, -0.15) is 0 Å². The highest BCUT2D eigenvalue weighted by atomic mass is 32.2. The average Bonchev–Trinajstić information content (AvgIpc) is 2.85. The van der Waals surface area contributed by atoms with Crippen LogP contribution in [0.4, 0.5) is 0 Å². The summed E-state index contributed by atoms with van der Waals surface area (Å²) in [4.78, 5) is 4.25. The maximum atomic E-state index is 11.3. The van der Waals surface area contributed by atoms with Crippen molar-refractivity contribution in [1.82, 2.24) is 14.9 Å². The van der Waals surface area contributed by atoms with Crippen molar-refractivity contribution < 1.29 is 8.42 Å². The van der Waals surface area contributed by atoms with E-state index in [4.69, 9.17) is 0 Å². The van der Waals surface area contributed by atoms with Gasteiger partial charge in [-0.15, -0.1) is 0 Å². The molecule has 0 saturated carbocycles. The smallest absolute Gasteiger partial charge is 0.151 e. The van der Waals surface area contributed by atoms with E-state index < -0.39 is 9.84 Å². The van der Waals surface area contributed by atoms with E-state index in [2.05, 4.69) is 21.8 Å². The van der Waals surface area contributed by atoms with Gasteiger partial charge in [0.25, 0.3) is 0 Å². The molecule has 1 aliphatic heterocycles. The third-order valence-corrected chi connectivity index (χ3v) is 4.90. The predicted octanol–water partition coefficient (Wildman–Crippen LogP) is 0.222.